The second-order valence-electron chi connectivity index (χ2n) is 8.61. The summed E-state index contributed by atoms with van der Waals surface area (Å²) >= 11 is 0. The van der Waals surface area contributed by atoms with Crippen molar-refractivity contribution in [2.45, 2.75) is 51.5 Å². The standard InChI is InChI=1S/C21H31FN6O2/c1-15(29)26-11-6-17(7-12-26)24-21-23-13-18(22)19(25-21)28-10-4-5-16(14-28)20(30)27-8-2-3-9-27/h13,16-17H,2-12,14H2,1H3,(H,23,24,25). The van der Waals surface area contributed by atoms with Gasteiger partial charge in [0.2, 0.25) is 17.8 Å². The third-order valence-corrected chi connectivity index (χ3v) is 6.49. The van der Waals surface area contributed by atoms with Gasteiger partial charge in [-0.15, -0.1) is 0 Å². The lowest BCUT2D eigenvalue weighted by Gasteiger charge is -2.35. The summed E-state index contributed by atoms with van der Waals surface area (Å²) in [5.41, 5.74) is 0. The summed E-state index contributed by atoms with van der Waals surface area (Å²) in [5.74, 6) is 0.409. The van der Waals surface area contributed by atoms with E-state index in [1.807, 2.05) is 14.7 Å². The number of rotatable bonds is 4. The molecular weight excluding hydrogens is 387 g/mol. The molecule has 164 valence electrons. The van der Waals surface area contributed by atoms with Gasteiger partial charge in [0.1, 0.15) is 0 Å². The molecule has 1 aromatic heterocycles. The van der Waals surface area contributed by atoms with Crippen molar-refractivity contribution in [1.29, 1.82) is 0 Å². The zero-order chi connectivity index (χ0) is 21.1. The number of hydrogen-bond acceptors (Lipinski definition) is 6. The van der Waals surface area contributed by atoms with Crippen LogP contribution in [0, 0.1) is 11.7 Å². The number of halogens is 1. The third kappa shape index (κ3) is 4.65. The van der Waals surface area contributed by atoms with Gasteiger partial charge in [-0.25, -0.2) is 9.37 Å². The van der Waals surface area contributed by atoms with Crippen molar-refractivity contribution in [2.24, 2.45) is 5.92 Å². The topological polar surface area (TPSA) is 81.7 Å². The number of nitrogens with zero attached hydrogens (tertiary/aromatic N) is 5. The van der Waals surface area contributed by atoms with Gasteiger partial charge >= 0.3 is 0 Å². The molecule has 3 aliphatic rings. The molecule has 1 N–H and O–H groups in total. The first kappa shape index (κ1) is 20.8. The molecule has 4 rings (SSSR count). The molecule has 1 unspecified atom stereocenters. The summed E-state index contributed by atoms with van der Waals surface area (Å²) in [6.07, 6.45) is 6.67. The molecule has 2 amide bonds. The Kier molecular flexibility index (Phi) is 6.34. The predicted octanol–water partition coefficient (Wildman–Crippen LogP) is 1.88. The van der Waals surface area contributed by atoms with E-state index in [4.69, 9.17) is 0 Å². The van der Waals surface area contributed by atoms with E-state index in [0.29, 0.717) is 32.1 Å². The highest BCUT2D eigenvalue weighted by Gasteiger charge is 2.32. The van der Waals surface area contributed by atoms with Gasteiger partial charge in [-0.05, 0) is 38.5 Å². The molecule has 8 nitrogen and oxygen atoms in total. The van der Waals surface area contributed by atoms with Gasteiger partial charge in [-0.2, -0.15) is 4.98 Å². The van der Waals surface area contributed by atoms with Crippen LogP contribution in [0.5, 0.6) is 0 Å². The van der Waals surface area contributed by atoms with E-state index in [2.05, 4.69) is 15.3 Å². The Morgan fingerprint density at radius 3 is 2.47 bits per heavy atom. The van der Waals surface area contributed by atoms with Crippen LogP contribution in [0.15, 0.2) is 6.20 Å². The maximum Gasteiger partial charge on any atom is 0.227 e. The highest BCUT2D eigenvalue weighted by atomic mass is 19.1. The molecule has 1 aromatic rings. The molecule has 1 atom stereocenters. The first-order valence-corrected chi connectivity index (χ1v) is 11.1. The average molecular weight is 419 g/mol. The molecule has 0 spiro atoms. The second kappa shape index (κ2) is 9.14. The summed E-state index contributed by atoms with van der Waals surface area (Å²) in [7, 11) is 0. The molecule has 0 saturated carbocycles. The molecule has 0 radical (unpaired) electrons. The maximum atomic E-state index is 14.6. The van der Waals surface area contributed by atoms with Crippen molar-refractivity contribution >= 4 is 23.6 Å². The number of likely N-dealkylation sites (tertiary alicyclic amines) is 2. The maximum absolute atomic E-state index is 14.6. The van der Waals surface area contributed by atoms with Crippen LogP contribution >= 0.6 is 0 Å². The minimum atomic E-state index is -0.457. The molecular formula is C21H31FN6O2. The normalized spacial score (nSPS) is 23.0. The number of aromatic nitrogens is 2. The van der Waals surface area contributed by atoms with Crippen LogP contribution in [0.1, 0.15) is 45.4 Å². The van der Waals surface area contributed by atoms with Gasteiger partial charge in [-0.3, -0.25) is 9.59 Å². The predicted molar refractivity (Wildman–Crippen MR) is 112 cm³/mol. The largest absolute Gasteiger partial charge is 0.353 e. The molecule has 0 aliphatic carbocycles. The van der Waals surface area contributed by atoms with Crippen molar-refractivity contribution < 1.29 is 14.0 Å². The van der Waals surface area contributed by atoms with E-state index in [9.17, 15) is 14.0 Å². The molecule has 3 aliphatic heterocycles. The molecule has 0 aromatic carbocycles. The summed E-state index contributed by atoms with van der Waals surface area (Å²) in [6.45, 7) is 5.86. The molecule has 3 fully saturated rings. The van der Waals surface area contributed by atoms with Crippen molar-refractivity contribution in [2.75, 3.05) is 49.5 Å². The van der Waals surface area contributed by atoms with Crippen molar-refractivity contribution in [3.8, 4) is 0 Å². The number of anilines is 2. The smallest absolute Gasteiger partial charge is 0.227 e. The molecule has 9 heteroatoms. The lowest BCUT2D eigenvalue weighted by Crippen LogP contribution is -2.44. The third-order valence-electron chi connectivity index (χ3n) is 6.49. The molecule has 3 saturated heterocycles. The zero-order valence-corrected chi connectivity index (χ0v) is 17.6. The first-order chi connectivity index (χ1) is 14.5. The summed E-state index contributed by atoms with van der Waals surface area (Å²) in [5, 5.41) is 3.30. The average Bonchev–Trinajstić information content (AvgIpc) is 3.30. The summed E-state index contributed by atoms with van der Waals surface area (Å²) in [4.78, 5) is 38.5. The fraction of sp³-hybridized carbons (Fsp3) is 0.714. The summed E-state index contributed by atoms with van der Waals surface area (Å²) in [6, 6.07) is 0.157. The Labute approximate surface area is 176 Å². The van der Waals surface area contributed by atoms with Gasteiger partial charge in [0.25, 0.3) is 0 Å². The molecule has 4 heterocycles. The van der Waals surface area contributed by atoms with Gasteiger partial charge < -0.3 is 20.0 Å². The van der Waals surface area contributed by atoms with E-state index in [1.165, 1.54) is 6.20 Å². The van der Waals surface area contributed by atoms with Crippen LogP contribution in [0.3, 0.4) is 0 Å². The van der Waals surface area contributed by atoms with E-state index in [1.54, 1.807) is 6.92 Å². The van der Waals surface area contributed by atoms with Crippen LogP contribution in [-0.2, 0) is 9.59 Å². The van der Waals surface area contributed by atoms with Gasteiger partial charge in [-0.1, -0.05) is 0 Å². The Hall–Kier alpha value is -2.45. The SMILES string of the molecule is CC(=O)N1CCC(Nc2ncc(F)c(N3CCCC(C(=O)N4CCCC4)C3)n2)CC1. The molecule has 30 heavy (non-hydrogen) atoms. The number of carbonyl (C=O) groups excluding carboxylic acids is 2. The van der Waals surface area contributed by atoms with E-state index in [-0.39, 0.29) is 29.6 Å². The Morgan fingerprint density at radius 2 is 1.77 bits per heavy atom. The first-order valence-electron chi connectivity index (χ1n) is 11.1. The number of amides is 2. The van der Waals surface area contributed by atoms with E-state index in [0.717, 1.165) is 51.6 Å². The highest BCUT2D eigenvalue weighted by molar-refractivity contribution is 5.80. The monoisotopic (exact) mass is 418 g/mol. The quantitative estimate of drug-likeness (QED) is 0.804. The van der Waals surface area contributed by atoms with Crippen molar-refractivity contribution in [3.63, 3.8) is 0 Å². The van der Waals surface area contributed by atoms with Gasteiger partial charge in [0.15, 0.2) is 11.6 Å². The summed E-state index contributed by atoms with van der Waals surface area (Å²) < 4.78 is 14.6. The fourth-order valence-electron chi connectivity index (χ4n) is 4.74. The number of hydrogen-bond donors (Lipinski definition) is 1. The minimum absolute atomic E-state index is 0.0944. The van der Waals surface area contributed by atoms with E-state index < -0.39 is 5.82 Å². The Balaban J connectivity index is 1.40. The van der Waals surface area contributed by atoms with Crippen LogP contribution in [0.2, 0.25) is 0 Å². The lowest BCUT2D eigenvalue weighted by atomic mass is 9.96. The zero-order valence-electron chi connectivity index (χ0n) is 17.6. The molecule has 0 bridgehead atoms. The Morgan fingerprint density at radius 1 is 1.03 bits per heavy atom. The van der Waals surface area contributed by atoms with Crippen molar-refractivity contribution in [1.82, 2.24) is 19.8 Å². The number of nitrogens with one attached hydrogen (secondary N) is 1. The van der Waals surface area contributed by atoms with Crippen LogP contribution in [0.4, 0.5) is 16.2 Å². The lowest BCUT2D eigenvalue weighted by molar-refractivity contribution is -0.134. The number of piperidine rings is 2. The van der Waals surface area contributed by atoms with Crippen LogP contribution in [0.25, 0.3) is 0 Å². The minimum Gasteiger partial charge on any atom is -0.353 e. The van der Waals surface area contributed by atoms with Crippen LogP contribution in [-0.4, -0.2) is 76.9 Å². The van der Waals surface area contributed by atoms with Crippen molar-refractivity contribution in [3.05, 3.63) is 12.0 Å². The van der Waals surface area contributed by atoms with Gasteiger partial charge in [0, 0.05) is 52.2 Å². The second-order valence-corrected chi connectivity index (χ2v) is 8.61. The van der Waals surface area contributed by atoms with Gasteiger partial charge in [0.05, 0.1) is 12.1 Å². The fourth-order valence-corrected chi connectivity index (χ4v) is 4.74. The number of carbonyl (C=O) groups is 2. The Bertz CT molecular complexity index is 777. The van der Waals surface area contributed by atoms with E-state index >= 15 is 0 Å². The van der Waals surface area contributed by atoms with Crippen LogP contribution < -0.4 is 10.2 Å². The highest BCUT2D eigenvalue weighted by Crippen LogP contribution is 2.27.